The monoisotopic (exact) mass is 326 g/mol. The molecule has 3 heteroatoms. The maximum absolute atomic E-state index is 6.13. The van der Waals surface area contributed by atoms with Crippen LogP contribution in [0.25, 0.3) is 0 Å². The summed E-state index contributed by atoms with van der Waals surface area (Å²) < 4.78 is 1.11. The highest BCUT2D eigenvalue weighted by atomic mass is 79.9. The molecule has 0 radical (unpaired) electrons. The zero-order valence-electron chi connectivity index (χ0n) is 12.5. The van der Waals surface area contributed by atoms with Crippen LogP contribution in [0, 0.1) is 0 Å². The predicted octanol–water partition coefficient (Wildman–Crippen LogP) is 4.88. The third-order valence-corrected chi connectivity index (χ3v) is 3.88. The van der Waals surface area contributed by atoms with Crippen molar-refractivity contribution in [2.24, 2.45) is 5.73 Å². The van der Waals surface area contributed by atoms with Gasteiger partial charge in [-0.25, -0.2) is 0 Å². The predicted molar refractivity (Wildman–Crippen MR) is 88.8 cm³/mol. The summed E-state index contributed by atoms with van der Waals surface area (Å²) in [6.07, 6.45) is 4.93. The maximum Gasteiger partial charge on any atom is 0.0415 e. The van der Waals surface area contributed by atoms with Crippen LogP contribution < -0.4 is 10.6 Å². The first-order valence-electron chi connectivity index (χ1n) is 7.40. The maximum atomic E-state index is 6.13. The molecule has 1 aromatic rings. The molecule has 0 aliphatic carbocycles. The number of hydrogen-bond acceptors (Lipinski definition) is 2. The Morgan fingerprint density at radius 1 is 1.16 bits per heavy atom. The van der Waals surface area contributed by atoms with E-state index in [1.807, 2.05) is 0 Å². The van der Waals surface area contributed by atoms with Crippen molar-refractivity contribution in [3.63, 3.8) is 0 Å². The molecule has 1 atom stereocenters. The van der Waals surface area contributed by atoms with Crippen molar-refractivity contribution in [1.29, 1.82) is 0 Å². The first-order chi connectivity index (χ1) is 9.10. The second-order valence-electron chi connectivity index (χ2n) is 5.19. The topological polar surface area (TPSA) is 29.3 Å². The van der Waals surface area contributed by atoms with Crippen molar-refractivity contribution in [2.45, 2.75) is 52.5 Å². The Hall–Kier alpha value is -0.540. The van der Waals surface area contributed by atoms with Crippen molar-refractivity contribution in [2.75, 3.05) is 18.0 Å². The molecular formula is C16H27BrN2. The van der Waals surface area contributed by atoms with Gasteiger partial charge in [-0.05, 0) is 43.5 Å². The molecule has 2 nitrogen and oxygen atoms in total. The van der Waals surface area contributed by atoms with Crippen LogP contribution in [-0.4, -0.2) is 13.1 Å². The van der Waals surface area contributed by atoms with E-state index in [1.54, 1.807) is 0 Å². The van der Waals surface area contributed by atoms with Gasteiger partial charge >= 0.3 is 0 Å². The van der Waals surface area contributed by atoms with Gasteiger partial charge in [0.2, 0.25) is 0 Å². The zero-order valence-corrected chi connectivity index (χ0v) is 14.0. The summed E-state index contributed by atoms with van der Waals surface area (Å²) in [6.45, 7) is 8.79. The fourth-order valence-corrected chi connectivity index (χ4v) is 2.61. The molecule has 0 heterocycles. The molecule has 19 heavy (non-hydrogen) atoms. The second kappa shape index (κ2) is 8.60. The van der Waals surface area contributed by atoms with Gasteiger partial charge in [0.25, 0.3) is 0 Å². The van der Waals surface area contributed by atoms with E-state index in [1.165, 1.54) is 36.9 Å². The summed E-state index contributed by atoms with van der Waals surface area (Å²) in [6, 6.07) is 6.55. The molecular weight excluding hydrogens is 300 g/mol. The number of hydrogen-bond donors (Lipinski definition) is 1. The summed E-state index contributed by atoms with van der Waals surface area (Å²) in [4.78, 5) is 2.50. The summed E-state index contributed by atoms with van der Waals surface area (Å²) >= 11 is 3.54. The van der Waals surface area contributed by atoms with Gasteiger partial charge < -0.3 is 10.6 Å². The van der Waals surface area contributed by atoms with E-state index in [9.17, 15) is 0 Å². The van der Waals surface area contributed by atoms with E-state index in [0.29, 0.717) is 0 Å². The highest BCUT2D eigenvalue weighted by Gasteiger charge is 2.13. The molecule has 0 fully saturated rings. The van der Waals surface area contributed by atoms with Crippen molar-refractivity contribution in [3.8, 4) is 0 Å². The Bertz CT molecular complexity index is 369. The van der Waals surface area contributed by atoms with Crippen LogP contribution in [0.5, 0.6) is 0 Å². The van der Waals surface area contributed by atoms with Gasteiger partial charge in [0, 0.05) is 29.3 Å². The van der Waals surface area contributed by atoms with Crippen molar-refractivity contribution < 1.29 is 0 Å². The minimum Gasteiger partial charge on any atom is -0.371 e. The lowest BCUT2D eigenvalue weighted by molar-refractivity contribution is 0.670. The first-order valence-corrected chi connectivity index (χ1v) is 8.19. The van der Waals surface area contributed by atoms with E-state index in [4.69, 9.17) is 5.73 Å². The van der Waals surface area contributed by atoms with E-state index >= 15 is 0 Å². The molecule has 1 aromatic carbocycles. The number of nitrogens with two attached hydrogens (primary N) is 1. The zero-order chi connectivity index (χ0) is 14.3. The number of anilines is 1. The Morgan fingerprint density at radius 2 is 1.74 bits per heavy atom. The summed E-state index contributed by atoms with van der Waals surface area (Å²) in [5.74, 6) is 0. The first kappa shape index (κ1) is 16.5. The highest BCUT2D eigenvalue weighted by Crippen LogP contribution is 2.29. The molecule has 0 saturated carbocycles. The lowest BCUT2D eigenvalue weighted by Crippen LogP contribution is -2.27. The molecule has 0 aliphatic heterocycles. The van der Waals surface area contributed by atoms with Gasteiger partial charge in [-0.3, -0.25) is 0 Å². The SMILES string of the molecule is CCCCN(CCCC)c1ccc(Br)cc1C(C)N. The molecule has 2 N–H and O–H groups in total. The van der Waals surface area contributed by atoms with Crippen LogP contribution in [0.15, 0.2) is 22.7 Å². The minimum absolute atomic E-state index is 0.0678. The Balaban J connectivity index is 2.98. The summed E-state index contributed by atoms with van der Waals surface area (Å²) in [5.41, 5.74) is 8.67. The molecule has 0 aliphatic rings. The Labute approximate surface area is 126 Å². The van der Waals surface area contributed by atoms with Gasteiger partial charge in [0.1, 0.15) is 0 Å². The third kappa shape index (κ3) is 5.15. The molecule has 0 spiro atoms. The fourth-order valence-electron chi connectivity index (χ4n) is 2.23. The lowest BCUT2D eigenvalue weighted by atomic mass is 10.1. The van der Waals surface area contributed by atoms with Crippen LogP contribution in [0.3, 0.4) is 0 Å². The third-order valence-electron chi connectivity index (χ3n) is 3.38. The van der Waals surface area contributed by atoms with Crippen molar-refractivity contribution >= 4 is 21.6 Å². The summed E-state index contributed by atoms with van der Waals surface area (Å²) in [7, 11) is 0. The molecule has 108 valence electrons. The van der Waals surface area contributed by atoms with Gasteiger partial charge in [-0.15, -0.1) is 0 Å². The van der Waals surface area contributed by atoms with Crippen LogP contribution in [-0.2, 0) is 0 Å². The molecule has 0 bridgehead atoms. The second-order valence-corrected chi connectivity index (χ2v) is 6.10. The molecule has 0 aromatic heterocycles. The quantitative estimate of drug-likeness (QED) is 0.738. The molecule has 0 saturated heterocycles. The van der Waals surface area contributed by atoms with Crippen LogP contribution >= 0.6 is 15.9 Å². The number of nitrogens with zero attached hydrogens (tertiary/aromatic N) is 1. The van der Waals surface area contributed by atoms with Gasteiger partial charge in [0.15, 0.2) is 0 Å². The van der Waals surface area contributed by atoms with Crippen molar-refractivity contribution in [1.82, 2.24) is 0 Å². The van der Waals surface area contributed by atoms with E-state index < -0.39 is 0 Å². The normalized spacial score (nSPS) is 12.5. The molecule has 1 unspecified atom stereocenters. The van der Waals surface area contributed by atoms with E-state index in [0.717, 1.165) is 17.6 Å². The average molecular weight is 327 g/mol. The highest BCUT2D eigenvalue weighted by molar-refractivity contribution is 9.10. The lowest BCUT2D eigenvalue weighted by Gasteiger charge is -2.28. The Morgan fingerprint density at radius 3 is 2.21 bits per heavy atom. The van der Waals surface area contributed by atoms with E-state index in [-0.39, 0.29) is 6.04 Å². The summed E-state index contributed by atoms with van der Waals surface area (Å²) in [5, 5.41) is 0. The van der Waals surface area contributed by atoms with Crippen molar-refractivity contribution in [3.05, 3.63) is 28.2 Å². The number of unbranched alkanes of at least 4 members (excludes halogenated alkanes) is 2. The van der Waals surface area contributed by atoms with Gasteiger partial charge in [0.05, 0.1) is 0 Å². The fraction of sp³-hybridized carbons (Fsp3) is 0.625. The van der Waals surface area contributed by atoms with E-state index in [2.05, 4.69) is 59.8 Å². The number of benzene rings is 1. The van der Waals surface area contributed by atoms with Gasteiger partial charge in [-0.2, -0.15) is 0 Å². The van der Waals surface area contributed by atoms with Crippen LogP contribution in [0.1, 0.15) is 58.1 Å². The standard InChI is InChI=1S/C16H27BrN2/c1-4-6-10-19(11-7-5-2)16-9-8-14(17)12-15(16)13(3)18/h8-9,12-13H,4-7,10-11,18H2,1-3H3. The van der Waals surface area contributed by atoms with Crippen LogP contribution in [0.2, 0.25) is 0 Å². The van der Waals surface area contributed by atoms with Crippen LogP contribution in [0.4, 0.5) is 5.69 Å². The smallest absolute Gasteiger partial charge is 0.0415 e. The molecule has 1 rings (SSSR count). The molecule has 0 amide bonds. The van der Waals surface area contributed by atoms with Gasteiger partial charge in [-0.1, -0.05) is 42.6 Å². The minimum atomic E-state index is 0.0678. The largest absolute Gasteiger partial charge is 0.371 e. The average Bonchev–Trinajstić information content (AvgIpc) is 2.39. The Kier molecular flexibility index (Phi) is 7.47. The number of halogens is 1. The number of rotatable bonds is 8.